The molecule has 1 saturated heterocycles. The van der Waals surface area contributed by atoms with E-state index in [0.29, 0.717) is 6.54 Å². The normalized spacial score (nSPS) is 14.2. The Kier molecular flexibility index (Phi) is 3.36. The molecule has 0 bridgehead atoms. The van der Waals surface area contributed by atoms with E-state index in [1.807, 2.05) is 4.90 Å². The molecule has 2 aromatic rings. The van der Waals surface area contributed by atoms with Crippen molar-refractivity contribution in [2.75, 3.05) is 19.6 Å². The molecule has 0 atom stereocenters. The first kappa shape index (κ1) is 12.0. The van der Waals surface area contributed by atoms with Crippen LogP contribution in [-0.4, -0.2) is 30.6 Å². The van der Waals surface area contributed by atoms with E-state index in [4.69, 9.17) is 0 Å². The first-order valence-corrected chi connectivity index (χ1v) is 6.84. The van der Waals surface area contributed by atoms with Crippen LogP contribution in [-0.2, 0) is 6.42 Å². The molecule has 1 aliphatic rings. The van der Waals surface area contributed by atoms with Crippen LogP contribution < -0.4 is 5.32 Å². The van der Waals surface area contributed by atoms with Crippen LogP contribution in [0.2, 0.25) is 0 Å². The molecule has 3 rings (SSSR count). The minimum Gasteiger partial charge on any atom is -0.338 e. The maximum Gasteiger partial charge on any atom is 0.317 e. The van der Waals surface area contributed by atoms with Gasteiger partial charge in [0.2, 0.25) is 0 Å². The second kappa shape index (κ2) is 5.31. The van der Waals surface area contributed by atoms with Crippen LogP contribution in [0.4, 0.5) is 4.79 Å². The molecule has 1 aliphatic heterocycles. The van der Waals surface area contributed by atoms with E-state index in [0.717, 1.165) is 25.9 Å². The third kappa shape index (κ3) is 2.55. The van der Waals surface area contributed by atoms with Gasteiger partial charge in [-0.05, 0) is 29.2 Å². The highest BCUT2D eigenvalue weighted by Crippen LogP contribution is 2.18. The molecule has 0 unspecified atom stereocenters. The van der Waals surface area contributed by atoms with Gasteiger partial charge in [-0.15, -0.1) is 0 Å². The number of amides is 2. The van der Waals surface area contributed by atoms with Crippen LogP contribution in [0, 0.1) is 0 Å². The Morgan fingerprint density at radius 2 is 1.89 bits per heavy atom. The molecule has 0 radical (unpaired) electrons. The summed E-state index contributed by atoms with van der Waals surface area (Å²) < 4.78 is 0. The van der Waals surface area contributed by atoms with Gasteiger partial charge in [-0.25, -0.2) is 4.79 Å². The molecule has 2 aromatic carbocycles. The van der Waals surface area contributed by atoms with Crippen molar-refractivity contribution in [1.82, 2.24) is 10.2 Å². The summed E-state index contributed by atoms with van der Waals surface area (Å²) in [6.07, 6.45) is 2.01. The molecule has 1 heterocycles. The van der Waals surface area contributed by atoms with Gasteiger partial charge in [-0.3, -0.25) is 0 Å². The van der Waals surface area contributed by atoms with E-state index in [-0.39, 0.29) is 6.03 Å². The van der Waals surface area contributed by atoms with Gasteiger partial charge in [-0.2, -0.15) is 0 Å². The number of nitrogens with zero attached hydrogens (tertiary/aromatic N) is 1. The first-order chi connectivity index (χ1) is 9.34. The Morgan fingerprint density at radius 3 is 2.68 bits per heavy atom. The van der Waals surface area contributed by atoms with E-state index in [9.17, 15) is 4.79 Å². The number of fused-ring (bicyclic) bond motifs is 1. The van der Waals surface area contributed by atoms with Crippen LogP contribution in [0.5, 0.6) is 0 Å². The van der Waals surface area contributed by atoms with E-state index < -0.39 is 0 Å². The molecule has 2 amide bonds. The predicted octanol–water partition coefficient (Wildman–Crippen LogP) is 2.80. The minimum atomic E-state index is 0.0755. The summed E-state index contributed by atoms with van der Waals surface area (Å²) in [6.45, 7) is 2.50. The van der Waals surface area contributed by atoms with Crippen molar-refractivity contribution in [3.05, 3.63) is 48.0 Å². The zero-order chi connectivity index (χ0) is 13.1. The Balaban J connectivity index is 1.63. The molecule has 0 saturated carbocycles. The predicted molar refractivity (Wildman–Crippen MR) is 77.2 cm³/mol. The smallest absolute Gasteiger partial charge is 0.317 e. The molecule has 3 heteroatoms. The van der Waals surface area contributed by atoms with Crippen molar-refractivity contribution in [3.63, 3.8) is 0 Å². The molecule has 1 fully saturated rings. The standard InChI is InChI=1S/C16H18N2O/c19-16(18-11-4-12-18)17-10-9-14-7-3-6-13-5-1-2-8-15(13)14/h1-3,5-8H,4,9-12H2,(H,17,19). The molecule has 0 aliphatic carbocycles. The largest absolute Gasteiger partial charge is 0.338 e. The lowest BCUT2D eigenvalue weighted by molar-refractivity contribution is 0.168. The lowest BCUT2D eigenvalue weighted by Gasteiger charge is -2.30. The molecular formula is C16H18N2O. The number of carbonyl (C=O) groups is 1. The number of hydrogen-bond acceptors (Lipinski definition) is 1. The Labute approximate surface area is 113 Å². The zero-order valence-corrected chi connectivity index (χ0v) is 10.9. The number of hydrogen-bond donors (Lipinski definition) is 1. The average molecular weight is 254 g/mol. The van der Waals surface area contributed by atoms with E-state index in [1.54, 1.807) is 0 Å². The highest BCUT2D eigenvalue weighted by molar-refractivity contribution is 5.85. The molecule has 0 spiro atoms. The number of rotatable bonds is 3. The zero-order valence-electron chi connectivity index (χ0n) is 10.9. The molecular weight excluding hydrogens is 236 g/mol. The third-order valence-corrected chi connectivity index (χ3v) is 3.69. The van der Waals surface area contributed by atoms with Crippen molar-refractivity contribution in [2.45, 2.75) is 12.8 Å². The lowest BCUT2D eigenvalue weighted by Crippen LogP contribution is -2.48. The average Bonchev–Trinajstić information content (AvgIpc) is 2.37. The van der Waals surface area contributed by atoms with Gasteiger partial charge in [0.05, 0.1) is 0 Å². The number of benzene rings is 2. The Morgan fingerprint density at radius 1 is 1.11 bits per heavy atom. The summed E-state index contributed by atoms with van der Waals surface area (Å²) in [5, 5.41) is 5.52. The van der Waals surface area contributed by atoms with Crippen molar-refractivity contribution in [3.8, 4) is 0 Å². The highest BCUT2D eigenvalue weighted by Gasteiger charge is 2.19. The number of nitrogens with one attached hydrogen (secondary N) is 1. The quantitative estimate of drug-likeness (QED) is 0.897. The van der Waals surface area contributed by atoms with Crippen molar-refractivity contribution < 1.29 is 4.79 Å². The fraction of sp³-hybridized carbons (Fsp3) is 0.312. The van der Waals surface area contributed by atoms with Gasteiger partial charge in [0, 0.05) is 19.6 Å². The summed E-state index contributed by atoms with van der Waals surface area (Å²) in [7, 11) is 0. The lowest BCUT2D eigenvalue weighted by atomic mass is 10.0. The summed E-state index contributed by atoms with van der Waals surface area (Å²) in [5.41, 5.74) is 1.29. The minimum absolute atomic E-state index is 0.0755. The molecule has 19 heavy (non-hydrogen) atoms. The second-order valence-corrected chi connectivity index (χ2v) is 4.96. The van der Waals surface area contributed by atoms with Crippen LogP contribution in [0.25, 0.3) is 10.8 Å². The molecule has 1 N–H and O–H groups in total. The van der Waals surface area contributed by atoms with Crippen molar-refractivity contribution in [2.24, 2.45) is 0 Å². The summed E-state index contributed by atoms with van der Waals surface area (Å²) >= 11 is 0. The maximum atomic E-state index is 11.7. The van der Waals surface area contributed by atoms with Gasteiger partial charge >= 0.3 is 6.03 Å². The third-order valence-electron chi connectivity index (χ3n) is 3.69. The molecule has 98 valence electrons. The summed E-state index contributed by atoms with van der Waals surface area (Å²) in [5.74, 6) is 0. The van der Waals surface area contributed by atoms with E-state index >= 15 is 0 Å². The summed E-state index contributed by atoms with van der Waals surface area (Å²) in [6, 6.07) is 14.8. The summed E-state index contributed by atoms with van der Waals surface area (Å²) in [4.78, 5) is 13.5. The SMILES string of the molecule is O=C(NCCc1cccc2ccccc12)N1CCC1. The monoisotopic (exact) mass is 254 g/mol. The first-order valence-electron chi connectivity index (χ1n) is 6.84. The molecule has 3 nitrogen and oxygen atoms in total. The van der Waals surface area contributed by atoms with Gasteiger partial charge in [0.15, 0.2) is 0 Å². The van der Waals surface area contributed by atoms with Gasteiger partial charge in [-0.1, -0.05) is 42.5 Å². The second-order valence-electron chi connectivity index (χ2n) is 4.96. The topological polar surface area (TPSA) is 32.3 Å². The number of carbonyl (C=O) groups excluding carboxylic acids is 1. The van der Waals surface area contributed by atoms with E-state index in [1.165, 1.54) is 16.3 Å². The Hall–Kier alpha value is -2.03. The van der Waals surface area contributed by atoms with Crippen LogP contribution >= 0.6 is 0 Å². The molecule has 0 aromatic heterocycles. The maximum absolute atomic E-state index is 11.7. The highest BCUT2D eigenvalue weighted by atomic mass is 16.2. The van der Waals surface area contributed by atoms with Crippen LogP contribution in [0.15, 0.2) is 42.5 Å². The van der Waals surface area contributed by atoms with Crippen molar-refractivity contribution >= 4 is 16.8 Å². The van der Waals surface area contributed by atoms with E-state index in [2.05, 4.69) is 47.8 Å². The number of urea groups is 1. The fourth-order valence-corrected chi connectivity index (χ4v) is 2.45. The van der Waals surface area contributed by atoms with Crippen LogP contribution in [0.1, 0.15) is 12.0 Å². The van der Waals surface area contributed by atoms with Gasteiger partial charge in [0.25, 0.3) is 0 Å². The van der Waals surface area contributed by atoms with Crippen LogP contribution in [0.3, 0.4) is 0 Å². The van der Waals surface area contributed by atoms with Crippen molar-refractivity contribution in [1.29, 1.82) is 0 Å². The van der Waals surface area contributed by atoms with Gasteiger partial charge in [0.1, 0.15) is 0 Å². The number of likely N-dealkylation sites (tertiary alicyclic amines) is 1. The van der Waals surface area contributed by atoms with Gasteiger partial charge < -0.3 is 10.2 Å². The fourth-order valence-electron chi connectivity index (χ4n) is 2.45. The Bertz CT molecular complexity index is 585.